The Kier molecular flexibility index (Phi) is 6.02. The first-order valence-corrected chi connectivity index (χ1v) is 13.8. The van der Waals surface area contributed by atoms with Crippen molar-refractivity contribution in [1.29, 1.82) is 0 Å². The number of rotatable bonds is 2. The molecule has 2 aliphatic rings. The second kappa shape index (κ2) is 9.37. The van der Waals surface area contributed by atoms with E-state index in [0.717, 1.165) is 20.1 Å². The molecule has 1 aromatic heterocycles. The number of carbonyl (C=O) groups is 1. The number of nitrogens with zero attached hydrogens (tertiary/aromatic N) is 4. The third-order valence-electron chi connectivity index (χ3n) is 6.08. The Morgan fingerprint density at radius 3 is 2.43 bits per heavy atom. The number of hydrogen-bond donors (Lipinski definition) is 1. The molecule has 0 aliphatic carbocycles. The highest BCUT2D eigenvalue weighted by Crippen LogP contribution is 2.44. The molecular weight excluding hydrogens is 570 g/mol. The molecule has 0 unspecified atom stereocenters. The highest BCUT2D eigenvalue weighted by Gasteiger charge is 2.35. The quantitative estimate of drug-likeness (QED) is 0.383. The zero-order valence-electron chi connectivity index (χ0n) is 19.8. The smallest absolute Gasteiger partial charge is 0.283 e. The zero-order chi connectivity index (χ0) is 25.7. The van der Waals surface area contributed by atoms with Crippen molar-refractivity contribution in [1.82, 2.24) is 9.99 Å². The van der Waals surface area contributed by atoms with Crippen LogP contribution in [-0.2, 0) is 11.8 Å². The van der Waals surface area contributed by atoms with Gasteiger partial charge in [0.15, 0.2) is 5.84 Å². The summed E-state index contributed by atoms with van der Waals surface area (Å²) in [6, 6.07) is 24.9. The Morgan fingerprint density at radius 1 is 0.919 bits per heavy atom. The van der Waals surface area contributed by atoms with Crippen LogP contribution in [0.5, 0.6) is 0 Å². The number of para-hydroxylation sites is 2. The number of nitrogens with one attached hydrogen (secondary N) is 1. The van der Waals surface area contributed by atoms with Crippen LogP contribution in [0.15, 0.2) is 98.0 Å². The lowest BCUT2D eigenvalue weighted by Gasteiger charge is -2.14. The van der Waals surface area contributed by atoms with E-state index >= 15 is 0 Å². The third-order valence-corrected chi connectivity index (χ3v) is 9.19. The largest absolute Gasteiger partial charge is 0.337 e. The summed E-state index contributed by atoms with van der Waals surface area (Å²) in [7, 11) is 3.66. The number of fused-ring (bicyclic) bond motifs is 1. The van der Waals surface area contributed by atoms with Crippen LogP contribution in [0.2, 0.25) is 0 Å². The number of amidine groups is 1. The average Bonchev–Trinajstić information content (AvgIpc) is 3.51. The van der Waals surface area contributed by atoms with Crippen molar-refractivity contribution in [2.75, 3.05) is 17.0 Å². The van der Waals surface area contributed by atoms with E-state index < -0.39 is 0 Å². The molecule has 0 saturated carbocycles. The van der Waals surface area contributed by atoms with E-state index in [9.17, 15) is 9.59 Å². The number of hydrogen-bond acceptors (Lipinski definition) is 6. The van der Waals surface area contributed by atoms with Crippen LogP contribution in [0, 0.1) is 0 Å². The van der Waals surface area contributed by atoms with Gasteiger partial charge in [0.2, 0.25) is 0 Å². The van der Waals surface area contributed by atoms with Gasteiger partial charge in [-0.2, -0.15) is 0 Å². The third kappa shape index (κ3) is 4.11. The van der Waals surface area contributed by atoms with Gasteiger partial charge in [0.25, 0.3) is 11.5 Å². The van der Waals surface area contributed by atoms with Gasteiger partial charge in [-0.15, -0.1) is 11.3 Å². The lowest BCUT2D eigenvalue weighted by Crippen LogP contribution is -2.35. The molecule has 0 spiro atoms. The zero-order valence-corrected chi connectivity index (χ0v) is 23.0. The van der Waals surface area contributed by atoms with Gasteiger partial charge in [0.05, 0.1) is 17.1 Å². The Labute approximate surface area is 229 Å². The van der Waals surface area contributed by atoms with Crippen LogP contribution in [0.3, 0.4) is 0 Å². The molecule has 0 bridgehead atoms. The average molecular weight is 591 g/mol. The minimum absolute atomic E-state index is 0.151. The normalized spacial score (nSPS) is 19.0. The van der Waals surface area contributed by atoms with E-state index in [-0.39, 0.29) is 11.5 Å². The monoisotopic (exact) mass is 589 g/mol. The highest BCUT2D eigenvalue weighted by atomic mass is 79.9. The highest BCUT2D eigenvalue weighted by molar-refractivity contribution is 9.10. The van der Waals surface area contributed by atoms with Crippen LogP contribution in [0.25, 0.3) is 10.6 Å². The maximum atomic E-state index is 13.8. The fraction of sp³-hybridized carbons (Fsp3) is 0.0741. The molecule has 3 aromatic carbocycles. The summed E-state index contributed by atoms with van der Waals surface area (Å²) in [5, 5.41) is 2.32. The van der Waals surface area contributed by atoms with E-state index in [0.29, 0.717) is 32.0 Å². The predicted octanol–water partition coefficient (Wildman–Crippen LogP) is 3.95. The number of halogens is 1. The molecular formula is C27H20BrN5O2S2. The number of carbonyl (C=O) groups excluding carboxylic acids is 1. The van der Waals surface area contributed by atoms with Crippen molar-refractivity contribution in [2.45, 2.75) is 4.90 Å². The standard InChI is InChI=1S/C27H20BrN5O2S2/c1-31-19-13-6-7-14-20(19)36-27(31)22-25(35)32(2)26(37-22)21-23(29-17-10-8-9-16(28)15-17)30-33(24(21)34)18-11-4-3-5-12-18/h3-15H,1-2H3,(H,29,30)/b26-21+,27-22-. The van der Waals surface area contributed by atoms with Crippen molar-refractivity contribution in [2.24, 2.45) is 12.0 Å². The molecule has 4 aromatic rings. The maximum absolute atomic E-state index is 13.8. The number of benzene rings is 3. The molecule has 37 heavy (non-hydrogen) atoms. The maximum Gasteiger partial charge on any atom is 0.283 e. The molecule has 1 fully saturated rings. The summed E-state index contributed by atoms with van der Waals surface area (Å²) in [6.07, 6.45) is 0. The minimum Gasteiger partial charge on any atom is -0.337 e. The summed E-state index contributed by atoms with van der Waals surface area (Å²) in [5.41, 5.74) is 5.78. The van der Waals surface area contributed by atoms with Crippen molar-refractivity contribution in [3.63, 3.8) is 0 Å². The van der Waals surface area contributed by atoms with Gasteiger partial charge in [-0.25, -0.2) is 10.0 Å². The van der Waals surface area contributed by atoms with E-state index in [1.54, 1.807) is 23.4 Å². The Morgan fingerprint density at radius 2 is 1.68 bits per heavy atom. The Bertz CT molecular complexity index is 1780. The topological polar surface area (TPSA) is 69.9 Å². The van der Waals surface area contributed by atoms with Crippen molar-refractivity contribution in [3.05, 3.63) is 103 Å². The number of aromatic nitrogens is 1. The van der Waals surface area contributed by atoms with E-state index in [1.807, 2.05) is 90.8 Å². The SMILES string of the molecule is CN1/C(=c2/s/c(=C3/C(=O)N(c4ccccc4)NC3=Nc3cccc(Br)c3)n(C)c2=O)Sc2ccccc21. The molecule has 0 atom stereocenters. The lowest BCUT2D eigenvalue weighted by molar-refractivity contribution is -0.113. The van der Waals surface area contributed by atoms with Crippen LogP contribution < -0.4 is 30.1 Å². The minimum atomic E-state index is -0.274. The van der Waals surface area contributed by atoms with Crippen LogP contribution in [0.4, 0.5) is 17.1 Å². The molecule has 1 amide bonds. The molecule has 1 saturated heterocycles. The molecule has 0 radical (unpaired) electrons. The number of thioether (sulfide) groups is 1. The first-order valence-electron chi connectivity index (χ1n) is 11.4. The first kappa shape index (κ1) is 23.8. The number of amides is 1. The van der Waals surface area contributed by atoms with Gasteiger partial charge >= 0.3 is 0 Å². The number of thiazole rings is 1. The number of aliphatic imine (C=N–C) groups is 1. The summed E-state index contributed by atoms with van der Waals surface area (Å²) < 4.78 is 3.55. The molecule has 184 valence electrons. The van der Waals surface area contributed by atoms with Gasteiger partial charge in [0.1, 0.15) is 19.8 Å². The first-order chi connectivity index (χ1) is 17.9. The number of anilines is 2. The second-order valence-electron chi connectivity index (χ2n) is 8.44. The van der Waals surface area contributed by atoms with Gasteiger partial charge in [-0.05, 0) is 42.5 Å². The molecule has 3 heterocycles. The van der Waals surface area contributed by atoms with E-state index in [4.69, 9.17) is 4.99 Å². The van der Waals surface area contributed by atoms with Crippen molar-refractivity contribution in [3.8, 4) is 0 Å². The Hall–Kier alpha value is -3.60. The van der Waals surface area contributed by atoms with Crippen molar-refractivity contribution >= 4 is 78.4 Å². The lowest BCUT2D eigenvalue weighted by atomic mass is 10.2. The van der Waals surface area contributed by atoms with Gasteiger partial charge in [-0.1, -0.05) is 64.1 Å². The molecule has 2 aliphatic heterocycles. The Balaban J connectivity index is 1.59. The fourth-order valence-electron chi connectivity index (χ4n) is 4.24. The summed E-state index contributed by atoms with van der Waals surface area (Å²) in [6.45, 7) is 0. The molecule has 1 N–H and O–H groups in total. The molecule has 10 heteroatoms. The summed E-state index contributed by atoms with van der Waals surface area (Å²) in [5.74, 6) is 0.111. The molecule has 6 rings (SSSR count). The second-order valence-corrected chi connectivity index (χ2v) is 11.4. The van der Waals surface area contributed by atoms with Crippen LogP contribution in [0.1, 0.15) is 0 Å². The van der Waals surface area contributed by atoms with Gasteiger partial charge in [-0.3, -0.25) is 15.0 Å². The number of hydrazine groups is 1. The molecule has 7 nitrogen and oxygen atoms in total. The van der Waals surface area contributed by atoms with E-state index in [2.05, 4.69) is 21.4 Å². The van der Waals surface area contributed by atoms with Crippen LogP contribution >= 0.6 is 39.0 Å². The van der Waals surface area contributed by atoms with E-state index in [1.165, 1.54) is 16.3 Å². The summed E-state index contributed by atoms with van der Waals surface area (Å²) >= 11 is 6.36. The van der Waals surface area contributed by atoms with Crippen molar-refractivity contribution < 1.29 is 4.79 Å². The van der Waals surface area contributed by atoms with Gasteiger partial charge < -0.3 is 9.47 Å². The van der Waals surface area contributed by atoms with Crippen LogP contribution in [-0.4, -0.2) is 23.4 Å². The summed E-state index contributed by atoms with van der Waals surface area (Å²) in [4.78, 5) is 35.2. The van der Waals surface area contributed by atoms with Gasteiger partial charge in [0, 0.05) is 23.5 Å². The predicted molar refractivity (Wildman–Crippen MR) is 155 cm³/mol. The fourth-order valence-corrected chi connectivity index (χ4v) is 7.11.